The monoisotopic (exact) mass is 647 g/mol. The Morgan fingerprint density at radius 3 is 1.83 bits per heavy atom. The van der Waals surface area contributed by atoms with Gasteiger partial charge in [-0.05, 0) is 55.8 Å². The number of piperidine rings is 2. The molecule has 1 atom stereocenters. The molecule has 0 spiro atoms. The number of piperazine rings is 1. The SMILES string of the molecule is O=C(c1cc(-c2ccccc2)nc(-c2ccccc2)c1)N1CCC(N2CCC[C@@H](C(=O)N3CCN(C(=O)c4cccs4)CC3)C2)CC1. The Kier molecular flexibility index (Phi) is 9.44. The lowest BCUT2D eigenvalue weighted by atomic mass is 9.92. The second-order valence-corrected chi connectivity index (χ2v) is 13.8. The molecule has 2 aromatic carbocycles. The molecular weight excluding hydrogens is 607 g/mol. The van der Waals surface area contributed by atoms with Gasteiger partial charge in [0.1, 0.15) is 0 Å². The molecule has 0 radical (unpaired) electrons. The Labute approximate surface area is 280 Å². The van der Waals surface area contributed by atoms with E-state index in [0.29, 0.717) is 50.9 Å². The van der Waals surface area contributed by atoms with Crippen molar-refractivity contribution < 1.29 is 14.4 Å². The van der Waals surface area contributed by atoms with Gasteiger partial charge in [0.25, 0.3) is 11.8 Å². The van der Waals surface area contributed by atoms with Crippen LogP contribution in [-0.2, 0) is 4.79 Å². The van der Waals surface area contributed by atoms with Crippen LogP contribution in [0.15, 0.2) is 90.3 Å². The Morgan fingerprint density at radius 2 is 1.23 bits per heavy atom. The summed E-state index contributed by atoms with van der Waals surface area (Å²) in [4.78, 5) is 54.2. The fourth-order valence-electron chi connectivity index (χ4n) is 7.27. The fourth-order valence-corrected chi connectivity index (χ4v) is 7.96. The minimum atomic E-state index is -0.00686. The molecule has 2 aromatic heterocycles. The lowest BCUT2D eigenvalue weighted by Gasteiger charge is -2.43. The first kappa shape index (κ1) is 31.3. The lowest BCUT2D eigenvalue weighted by Crippen LogP contribution is -2.55. The van der Waals surface area contributed by atoms with Gasteiger partial charge in [-0.1, -0.05) is 66.7 Å². The van der Waals surface area contributed by atoms with Gasteiger partial charge >= 0.3 is 0 Å². The van der Waals surface area contributed by atoms with Gasteiger partial charge in [-0.3, -0.25) is 19.3 Å². The number of pyridine rings is 1. The van der Waals surface area contributed by atoms with E-state index in [-0.39, 0.29) is 23.6 Å². The van der Waals surface area contributed by atoms with Crippen molar-refractivity contribution in [3.63, 3.8) is 0 Å². The Morgan fingerprint density at radius 1 is 0.638 bits per heavy atom. The number of likely N-dealkylation sites (tertiary alicyclic amines) is 2. The highest BCUT2D eigenvalue weighted by Gasteiger charge is 2.35. The van der Waals surface area contributed by atoms with E-state index in [1.54, 1.807) is 0 Å². The van der Waals surface area contributed by atoms with Crippen LogP contribution in [0.4, 0.5) is 0 Å². The van der Waals surface area contributed by atoms with Gasteiger partial charge in [0.05, 0.1) is 22.2 Å². The average Bonchev–Trinajstić information content (AvgIpc) is 3.70. The van der Waals surface area contributed by atoms with Crippen LogP contribution in [0.5, 0.6) is 0 Å². The number of nitrogens with zero attached hydrogens (tertiary/aromatic N) is 5. The third-order valence-electron chi connectivity index (χ3n) is 9.89. The van der Waals surface area contributed by atoms with Crippen molar-refractivity contribution in [1.29, 1.82) is 0 Å². The molecule has 0 unspecified atom stereocenters. The summed E-state index contributed by atoms with van der Waals surface area (Å²) >= 11 is 1.47. The van der Waals surface area contributed by atoms with Gasteiger partial charge in [-0.2, -0.15) is 0 Å². The van der Waals surface area contributed by atoms with Crippen LogP contribution in [-0.4, -0.2) is 101 Å². The van der Waals surface area contributed by atoms with Gasteiger partial charge in [0.2, 0.25) is 5.91 Å². The number of rotatable bonds is 6. The average molecular weight is 648 g/mol. The highest BCUT2D eigenvalue weighted by atomic mass is 32.1. The predicted molar refractivity (Wildman–Crippen MR) is 185 cm³/mol. The van der Waals surface area contributed by atoms with Crippen molar-refractivity contribution >= 4 is 29.1 Å². The normalized spacial score (nSPS) is 19.5. The molecule has 0 aliphatic carbocycles. The number of carbonyl (C=O) groups is 3. The molecule has 0 saturated carbocycles. The topological polar surface area (TPSA) is 77.1 Å². The number of aromatic nitrogens is 1. The zero-order valence-corrected chi connectivity index (χ0v) is 27.5. The molecule has 3 amide bonds. The van der Waals surface area contributed by atoms with Gasteiger partial charge in [-0.15, -0.1) is 11.3 Å². The standard InChI is InChI=1S/C38H41N5O3S/c44-36(41-20-22-42(23-21-41)38(46)35-14-8-24-47-35)30-13-7-17-43(27-30)32-15-18-40(19-16-32)37(45)31-25-33(28-9-3-1-4-10-28)39-34(26-31)29-11-5-2-6-12-29/h1-6,8-12,14,24-26,30,32H,7,13,15-23,27H2/t30-/m1/s1. The van der Waals surface area contributed by atoms with E-state index in [1.807, 2.05) is 105 Å². The molecule has 242 valence electrons. The number of hydrogen-bond acceptors (Lipinski definition) is 6. The second-order valence-electron chi connectivity index (χ2n) is 12.8. The van der Waals surface area contributed by atoms with Crippen molar-refractivity contribution in [1.82, 2.24) is 24.6 Å². The first-order valence-corrected chi connectivity index (χ1v) is 17.7. The number of thiophene rings is 1. The summed E-state index contributed by atoms with van der Waals surface area (Å²) in [5.74, 6) is 0.334. The third-order valence-corrected chi connectivity index (χ3v) is 10.7. The van der Waals surface area contributed by atoms with E-state index in [2.05, 4.69) is 4.90 Å². The summed E-state index contributed by atoms with van der Waals surface area (Å²) in [6, 6.07) is 28.0. The smallest absolute Gasteiger partial charge is 0.264 e. The van der Waals surface area contributed by atoms with E-state index in [4.69, 9.17) is 4.98 Å². The molecule has 9 heteroatoms. The zero-order chi connectivity index (χ0) is 32.2. The summed E-state index contributed by atoms with van der Waals surface area (Å²) in [5.41, 5.74) is 4.23. The number of hydrogen-bond donors (Lipinski definition) is 0. The van der Waals surface area contributed by atoms with Crippen molar-refractivity contribution in [2.75, 3.05) is 52.4 Å². The molecule has 3 aliphatic rings. The number of benzene rings is 2. The second kappa shape index (κ2) is 14.2. The summed E-state index contributed by atoms with van der Waals surface area (Å²) in [6.07, 6.45) is 3.72. The van der Waals surface area contributed by atoms with Crippen LogP contribution in [0.25, 0.3) is 22.5 Å². The van der Waals surface area contributed by atoms with Crippen LogP contribution < -0.4 is 0 Å². The molecule has 47 heavy (non-hydrogen) atoms. The highest BCUT2D eigenvalue weighted by molar-refractivity contribution is 7.12. The van der Waals surface area contributed by atoms with E-state index < -0.39 is 0 Å². The zero-order valence-electron chi connectivity index (χ0n) is 26.7. The van der Waals surface area contributed by atoms with Gasteiger partial charge in [0, 0.05) is 68.5 Å². The molecule has 7 rings (SSSR count). The molecule has 0 bridgehead atoms. The summed E-state index contributed by atoms with van der Waals surface area (Å²) in [5, 5.41) is 1.92. The molecule has 3 aliphatic heterocycles. The van der Waals surface area contributed by atoms with Crippen molar-refractivity contribution in [3.05, 3.63) is 101 Å². The quantitative estimate of drug-likeness (QED) is 0.265. The maximum Gasteiger partial charge on any atom is 0.264 e. The molecule has 5 heterocycles. The maximum atomic E-state index is 13.9. The largest absolute Gasteiger partial charge is 0.339 e. The van der Waals surface area contributed by atoms with Gasteiger partial charge in [-0.25, -0.2) is 4.98 Å². The van der Waals surface area contributed by atoms with Crippen molar-refractivity contribution in [2.45, 2.75) is 31.7 Å². The first-order valence-electron chi connectivity index (χ1n) is 16.8. The molecule has 4 aromatic rings. The molecule has 3 fully saturated rings. The molecule has 0 N–H and O–H groups in total. The Balaban J connectivity index is 0.960. The van der Waals surface area contributed by atoms with Crippen LogP contribution in [0.3, 0.4) is 0 Å². The molecular formula is C38H41N5O3S. The van der Waals surface area contributed by atoms with E-state index in [1.165, 1.54) is 11.3 Å². The van der Waals surface area contributed by atoms with E-state index in [9.17, 15) is 14.4 Å². The minimum Gasteiger partial charge on any atom is -0.339 e. The van der Waals surface area contributed by atoms with Gasteiger partial charge in [0.15, 0.2) is 0 Å². The van der Waals surface area contributed by atoms with E-state index >= 15 is 0 Å². The summed E-state index contributed by atoms with van der Waals surface area (Å²) in [6.45, 7) is 5.53. The number of carbonyl (C=O) groups excluding carboxylic acids is 3. The fraction of sp³-hybridized carbons (Fsp3) is 0.368. The predicted octanol–water partition coefficient (Wildman–Crippen LogP) is 5.78. The van der Waals surface area contributed by atoms with Crippen LogP contribution in [0.1, 0.15) is 45.7 Å². The van der Waals surface area contributed by atoms with Crippen molar-refractivity contribution in [3.8, 4) is 22.5 Å². The highest BCUT2D eigenvalue weighted by Crippen LogP contribution is 2.29. The van der Waals surface area contributed by atoms with Crippen molar-refractivity contribution in [2.24, 2.45) is 5.92 Å². The van der Waals surface area contributed by atoms with Crippen LogP contribution in [0.2, 0.25) is 0 Å². The molecule has 3 saturated heterocycles. The summed E-state index contributed by atoms with van der Waals surface area (Å²) < 4.78 is 0. The minimum absolute atomic E-state index is 0.00686. The van der Waals surface area contributed by atoms with Gasteiger partial charge < -0.3 is 14.7 Å². The number of amides is 3. The Bertz CT molecular complexity index is 1620. The third kappa shape index (κ3) is 7.01. The van der Waals surface area contributed by atoms with Crippen LogP contribution >= 0.6 is 11.3 Å². The molecule has 8 nitrogen and oxygen atoms in total. The van der Waals surface area contributed by atoms with Crippen LogP contribution in [0, 0.1) is 5.92 Å². The van der Waals surface area contributed by atoms with E-state index in [0.717, 1.165) is 66.2 Å². The maximum absolute atomic E-state index is 13.9. The lowest BCUT2D eigenvalue weighted by molar-refractivity contribution is -0.139. The Hall–Kier alpha value is -4.34. The summed E-state index contributed by atoms with van der Waals surface area (Å²) in [7, 11) is 0. The first-order chi connectivity index (χ1) is 23.0.